The van der Waals surface area contributed by atoms with Crippen molar-refractivity contribution in [2.75, 3.05) is 5.32 Å². The van der Waals surface area contributed by atoms with Crippen molar-refractivity contribution >= 4 is 28.8 Å². The second-order valence-electron chi connectivity index (χ2n) is 5.44. The maximum atomic E-state index is 12.3. The van der Waals surface area contributed by atoms with E-state index in [2.05, 4.69) is 16.6 Å². The summed E-state index contributed by atoms with van der Waals surface area (Å²) >= 11 is 0. The predicted molar refractivity (Wildman–Crippen MR) is 90.3 cm³/mol. The lowest BCUT2D eigenvalue weighted by molar-refractivity contribution is -0.658. The van der Waals surface area contributed by atoms with Crippen LogP contribution in [0.25, 0.3) is 17.2 Å². The lowest BCUT2D eigenvalue weighted by Gasteiger charge is -2.09. The van der Waals surface area contributed by atoms with Crippen LogP contribution in [0.4, 0.5) is 18.9 Å². The van der Waals surface area contributed by atoms with Crippen molar-refractivity contribution in [2.45, 2.75) is 12.9 Å². The van der Waals surface area contributed by atoms with Crippen molar-refractivity contribution in [1.29, 1.82) is 0 Å². The molecule has 8 heteroatoms. The Morgan fingerprint density at radius 2 is 1.88 bits per heavy atom. The van der Waals surface area contributed by atoms with Crippen LogP contribution in [-0.4, -0.2) is 16.8 Å². The highest BCUT2D eigenvalue weighted by atomic mass is 19.4. The van der Waals surface area contributed by atoms with Crippen LogP contribution in [0.15, 0.2) is 61.4 Å². The van der Waals surface area contributed by atoms with E-state index in [1.165, 1.54) is 12.1 Å². The van der Waals surface area contributed by atoms with E-state index < -0.39 is 6.36 Å². The maximum Gasteiger partial charge on any atom is 0.573 e. The summed E-state index contributed by atoms with van der Waals surface area (Å²) in [7, 11) is 0. The van der Waals surface area contributed by atoms with Gasteiger partial charge < -0.3 is 10.1 Å². The molecule has 0 atom stereocenters. The third kappa shape index (κ3) is 4.02. The van der Waals surface area contributed by atoms with Crippen LogP contribution in [0.3, 0.4) is 0 Å². The average molecular weight is 362 g/mol. The van der Waals surface area contributed by atoms with E-state index in [9.17, 15) is 18.0 Å². The first-order chi connectivity index (χ1) is 12.4. The van der Waals surface area contributed by atoms with Gasteiger partial charge in [0.05, 0.1) is 6.20 Å². The van der Waals surface area contributed by atoms with Crippen molar-refractivity contribution < 1.29 is 27.3 Å². The summed E-state index contributed by atoms with van der Waals surface area (Å²) in [4.78, 5) is 12.3. The highest BCUT2D eigenvalue weighted by Crippen LogP contribution is 2.23. The average Bonchev–Trinajstić information content (AvgIpc) is 2.93. The predicted octanol–water partition coefficient (Wildman–Crippen LogP) is 3.57. The molecular weight excluding hydrogens is 347 g/mol. The molecule has 0 aliphatic rings. The Balaban J connectivity index is 1.71. The Morgan fingerprint density at radius 3 is 2.54 bits per heavy atom. The van der Waals surface area contributed by atoms with Crippen LogP contribution < -0.4 is 14.6 Å². The summed E-state index contributed by atoms with van der Waals surface area (Å²) in [5, 5.41) is 2.64. The van der Waals surface area contributed by atoms with Gasteiger partial charge in [-0.2, -0.15) is 0 Å². The fourth-order valence-corrected chi connectivity index (χ4v) is 2.57. The summed E-state index contributed by atoms with van der Waals surface area (Å²) in [6.07, 6.45) is -1.37. The number of hydrogen-bond acceptors (Lipinski definition) is 2. The van der Waals surface area contributed by atoms with Crippen molar-refractivity contribution in [3.63, 3.8) is 0 Å². The minimum atomic E-state index is -4.75. The second-order valence-corrected chi connectivity index (χ2v) is 5.44. The van der Waals surface area contributed by atoms with Crippen LogP contribution in [0.1, 0.15) is 0 Å². The Hall–Kier alpha value is -3.29. The molecule has 1 amide bonds. The van der Waals surface area contributed by atoms with E-state index in [0.29, 0.717) is 5.69 Å². The lowest BCUT2D eigenvalue weighted by atomic mass is 10.3. The number of halogens is 3. The molecule has 0 saturated carbocycles. The number of imidazole rings is 1. The number of para-hydroxylation sites is 2. The molecule has 26 heavy (non-hydrogen) atoms. The van der Waals surface area contributed by atoms with E-state index in [-0.39, 0.29) is 18.2 Å². The number of nitrogens with one attached hydrogen (secondary N) is 1. The topological polar surface area (TPSA) is 47.1 Å². The minimum absolute atomic E-state index is 0.0438. The van der Waals surface area contributed by atoms with E-state index >= 15 is 0 Å². The first kappa shape index (κ1) is 17.5. The molecule has 0 unspecified atom stereocenters. The molecule has 1 heterocycles. The lowest BCUT2D eigenvalue weighted by Crippen LogP contribution is -2.39. The fraction of sp³-hybridized carbons (Fsp3) is 0.111. The van der Waals surface area contributed by atoms with Crippen molar-refractivity contribution in [2.24, 2.45) is 0 Å². The van der Waals surface area contributed by atoms with Gasteiger partial charge in [0.1, 0.15) is 5.75 Å². The monoisotopic (exact) mass is 362 g/mol. The highest BCUT2D eigenvalue weighted by molar-refractivity contribution is 5.90. The summed E-state index contributed by atoms with van der Waals surface area (Å²) in [6, 6.07) is 12.5. The van der Waals surface area contributed by atoms with Crippen LogP contribution in [0.2, 0.25) is 0 Å². The molecule has 1 N–H and O–H groups in total. The van der Waals surface area contributed by atoms with E-state index in [1.54, 1.807) is 21.7 Å². The zero-order chi connectivity index (χ0) is 18.7. The maximum absolute atomic E-state index is 12.3. The SMILES string of the molecule is C=Cn1c[n+](CC(=O)Nc2ccc(OC(F)(F)F)cc2)c2ccccc21. The molecule has 0 aliphatic heterocycles. The number of hydrogen-bond donors (Lipinski definition) is 1. The highest BCUT2D eigenvalue weighted by Gasteiger charge is 2.31. The molecule has 0 bridgehead atoms. The summed E-state index contributed by atoms with van der Waals surface area (Å²) in [5.74, 6) is -0.662. The first-order valence-corrected chi connectivity index (χ1v) is 7.63. The van der Waals surface area contributed by atoms with Crippen LogP contribution in [0, 0.1) is 0 Å². The van der Waals surface area contributed by atoms with Crippen LogP contribution in [-0.2, 0) is 11.3 Å². The largest absolute Gasteiger partial charge is 0.573 e. The van der Waals surface area contributed by atoms with Crippen molar-refractivity contribution in [1.82, 2.24) is 4.57 Å². The number of alkyl halides is 3. The standard InChI is InChI=1S/C18H14F3N3O2/c1-2-23-12-24(16-6-4-3-5-15(16)23)11-17(25)22-13-7-9-14(10-8-13)26-18(19,20)21/h2-10,12H,1,11H2/p+1. The molecule has 0 radical (unpaired) electrons. The second kappa shape index (κ2) is 6.91. The smallest absolute Gasteiger partial charge is 0.406 e. The number of aromatic nitrogens is 2. The molecule has 0 fully saturated rings. The number of benzene rings is 2. The quantitative estimate of drug-likeness (QED) is 0.706. The van der Waals surface area contributed by atoms with Gasteiger partial charge in [0.2, 0.25) is 6.33 Å². The first-order valence-electron chi connectivity index (χ1n) is 7.63. The van der Waals surface area contributed by atoms with Crippen molar-refractivity contribution in [3.05, 3.63) is 61.4 Å². The Kier molecular flexibility index (Phi) is 4.66. The number of carbonyl (C=O) groups is 1. The summed E-state index contributed by atoms with van der Waals surface area (Å²) in [6.45, 7) is 3.78. The number of carbonyl (C=O) groups excluding carboxylic acids is 1. The van der Waals surface area contributed by atoms with Gasteiger partial charge in [0.25, 0.3) is 5.91 Å². The normalized spacial score (nSPS) is 11.3. The minimum Gasteiger partial charge on any atom is -0.406 e. The number of fused-ring (bicyclic) bond motifs is 1. The fourth-order valence-electron chi connectivity index (χ4n) is 2.57. The molecule has 5 nitrogen and oxygen atoms in total. The third-order valence-electron chi connectivity index (χ3n) is 3.62. The Bertz CT molecular complexity index is 946. The molecule has 3 rings (SSSR count). The summed E-state index contributed by atoms with van der Waals surface area (Å²) < 4.78 is 43.8. The van der Waals surface area contributed by atoms with Gasteiger partial charge in [0, 0.05) is 5.69 Å². The molecular formula is C18H15F3N3O2+. The van der Waals surface area contributed by atoms with Gasteiger partial charge in [-0.05, 0) is 36.4 Å². The zero-order valence-corrected chi connectivity index (χ0v) is 13.5. The van der Waals surface area contributed by atoms with Crippen molar-refractivity contribution in [3.8, 4) is 5.75 Å². The summed E-state index contributed by atoms with van der Waals surface area (Å²) in [5.41, 5.74) is 2.14. The number of nitrogens with zero attached hydrogens (tertiary/aromatic N) is 2. The number of amides is 1. The van der Waals surface area contributed by atoms with Gasteiger partial charge >= 0.3 is 6.36 Å². The van der Waals surface area contributed by atoms with Gasteiger partial charge in [0.15, 0.2) is 17.6 Å². The van der Waals surface area contributed by atoms with Crippen LogP contribution >= 0.6 is 0 Å². The van der Waals surface area contributed by atoms with Gasteiger partial charge in [-0.1, -0.05) is 18.7 Å². The van der Waals surface area contributed by atoms with E-state index in [4.69, 9.17) is 0 Å². The molecule has 2 aromatic carbocycles. The van der Waals surface area contributed by atoms with Gasteiger partial charge in [-0.15, -0.1) is 13.2 Å². The zero-order valence-electron chi connectivity index (χ0n) is 13.5. The van der Waals surface area contributed by atoms with E-state index in [0.717, 1.165) is 23.2 Å². The molecule has 3 aromatic rings. The molecule has 1 aromatic heterocycles. The van der Waals surface area contributed by atoms with Gasteiger partial charge in [-0.3, -0.25) is 4.79 Å². The number of rotatable bonds is 5. The van der Waals surface area contributed by atoms with E-state index in [1.807, 2.05) is 24.3 Å². The van der Waals surface area contributed by atoms with Gasteiger partial charge in [-0.25, -0.2) is 9.13 Å². The number of anilines is 1. The van der Waals surface area contributed by atoms with Crippen LogP contribution in [0.5, 0.6) is 5.75 Å². The molecule has 134 valence electrons. The molecule has 0 saturated heterocycles. The Labute approximate surface area is 146 Å². The molecule has 0 spiro atoms. The third-order valence-corrected chi connectivity index (χ3v) is 3.62. The Morgan fingerprint density at radius 1 is 1.19 bits per heavy atom. The number of ether oxygens (including phenoxy) is 1. The molecule has 0 aliphatic carbocycles.